The van der Waals surface area contributed by atoms with Gasteiger partial charge in [0.15, 0.2) is 5.69 Å². The highest BCUT2D eigenvalue weighted by Crippen LogP contribution is 2.36. The third-order valence-electron chi connectivity index (χ3n) is 2.45. The third-order valence-corrected chi connectivity index (χ3v) is 2.87. The zero-order valence-electron chi connectivity index (χ0n) is 10.7. The number of anilines is 1. The van der Waals surface area contributed by atoms with Crippen LogP contribution in [0.1, 0.15) is 26.3 Å². The fraction of sp³-hybridized carbons (Fsp3) is 0.500. The molecule has 16 heavy (non-hydrogen) atoms. The summed E-state index contributed by atoms with van der Waals surface area (Å²) in [5.74, 6) is 0.822. The quantitative estimate of drug-likeness (QED) is 0.800. The van der Waals surface area contributed by atoms with Gasteiger partial charge in [0.2, 0.25) is 5.75 Å². The standard InChI is InChI=1S/C12H20N2OS/c1-12(2,3)8-6-9(13)11(15-4)10(7-8)14-16-5/h6-7,14H,13H2,1-5H3/p+1. The van der Waals surface area contributed by atoms with Crippen molar-refractivity contribution in [2.75, 3.05) is 18.1 Å². The molecule has 0 heterocycles. The first-order valence-corrected chi connectivity index (χ1v) is 6.46. The highest BCUT2D eigenvalue weighted by atomic mass is 32.2. The highest BCUT2D eigenvalue weighted by Gasteiger charge is 2.19. The van der Waals surface area contributed by atoms with Crippen molar-refractivity contribution in [3.05, 3.63) is 17.7 Å². The Hall–Kier alpha value is -0.870. The van der Waals surface area contributed by atoms with E-state index < -0.39 is 0 Å². The topological polar surface area (TPSA) is 48.9 Å². The van der Waals surface area contributed by atoms with Crippen LogP contribution in [-0.2, 0) is 5.41 Å². The van der Waals surface area contributed by atoms with Crippen LogP contribution < -0.4 is 15.2 Å². The minimum Gasteiger partial charge on any atom is -0.489 e. The van der Waals surface area contributed by atoms with Crippen molar-refractivity contribution >= 4 is 23.3 Å². The molecule has 1 rings (SSSR count). The van der Waals surface area contributed by atoms with E-state index in [0.29, 0.717) is 0 Å². The molecule has 0 fully saturated rings. The molecule has 0 saturated heterocycles. The van der Waals surface area contributed by atoms with E-state index in [4.69, 9.17) is 4.74 Å². The van der Waals surface area contributed by atoms with Gasteiger partial charge in [0, 0.05) is 12.3 Å². The summed E-state index contributed by atoms with van der Waals surface area (Å²) in [5.41, 5.74) is 7.33. The van der Waals surface area contributed by atoms with E-state index in [1.54, 1.807) is 19.1 Å². The third kappa shape index (κ3) is 2.83. The van der Waals surface area contributed by atoms with E-state index in [1.165, 1.54) is 5.56 Å². The molecular formula is C12H21N2OS+. The Labute approximate surface area is 102 Å². The molecule has 0 aliphatic heterocycles. The van der Waals surface area contributed by atoms with Crippen molar-refractivity contribution < 1.29 is 10.5 Å². The maximum atomic E-state index is 5.36. The number of hydrogen-bond acceptors (Lipinski definition) is 3. The minimum atomic E-state index is 0.119. The molecule has 0 amide bonds. The van der Waals surface area contributed by atoms with Gasteiger partial charge in [0.25, 0.3) is 0 Å². The second-order valence-corrected chi connectivity index (χ2v) is 5.38. The molecule has 1 aromatic carbocycles. The number of nitrogens with one attached hydrogen (secondary N) is 1. The van der Waals surface area contributed by atoms with E-state index in [0.717, 1.165) is 17.1 Å². The molecule has 0 radical (unpaired) electrons. The minimum absolute atomic E-state index is 0.119. The molecule has 0 aromatic heterocycles. The molecule has 4 N–H and O–H groups in total. The first kappa shape index (κ1) is 13.2. The van der Waals surface area contributed by atoms with Crippen LogP contribution in [-0.4, -0.2) is 13.4 Å². The van der Waals surface area contributed by atoms with E-state index in [2.05, 4.69) is 43.4 Å². The van der Waals surface area contributed by atoms with E-state index in [1.807, 2.05) is 6.26 Å². The smallest absolute Gasteiger partial charge is 0.204 e. The zero-order valence-corrected chi connectivity index (χ0v) is 11.5. The van der Waals surface area contributed by atoms with Crippen molar-refractivity contribution in [1.29, 1.82) is 0 Å². The average Bonchev–Trinajstić information content (AvgIpc) is 2.16. The predicted octanol–water partition coefficient (Wildman–Crippen LogP) is 2.56. The van der Waals surface area contributed by atoms with Crippen LogP contribution in [0.5, 0.6) is 5.75 Å². The Bertz CT molecular complexity index is 372. The molecule has 0 atom stereocenters. The summed E-state index contributed by atoms with van der Waals surface area (Å²) in [6.45, 7) is 6.57. The molecule has 90 valence electrons. The van der Waals surface area contributed by atoms with Crippen LogP contribution >= 0.6 is 11.9 Å². The molecule has 0 spiro atoms. The van der Waals surface area contributed by atoms with Crippen LogP contribution in [0.15, 0.2) is 12.1 Å². The van der Waals surface area contributed by atoms with E-state index in [-0.39, 0.29) is 5.41 Å². The fourth-order valence-corrected chi connectivity index (χ4v) is 1.92. The molecule has 1 aromatic rings. The summed E-state index contributed by atoms with van der Waals surface area (Å²) in [5, 5.41) is 0. The van der Waals surface area contributed by atoms with Crippen molar-refractivity contribution in [2.24, 2.45) is 0 Å². The fourth-order valence-electron chi connectivity index (χ4n) is 1.55. The Morgan fingerprint density at radius 2 is 1.94 bits per heavy atom. The molecule has 0 unspecified atom stereocenters. The molecule has 0 aliphatic carbocycles. The second-order valence-electron chi connectivity index (χ2n) is 4.77. The molecule has 4 heteroatoms. The van der Waals surface area contributed by atoms with Gasteiger partial charge in [-0.3, -0.25) is 0 Å². The summed E-state index contributed by atoms with van der Waals surface area (Å²) in [6, 6.07) is 4.22. The van der Waals surface area contributed by atoms with Gasteiger partial charge in [0.1, 0.15) is 0 Å². The molecular weight excluding hydrogens is 220 g/mol. The molecule has 0 aliphatic rings. The molecule has 0 bridgehead atoms. The number of quaternary nitrogens is 1. The second kappa shape index (κ2) is 4.97. The van der Waals surface area contributed by atoms with E-state index >= 15 is 0 Å². The van der Waals surface area contributed by atoms with Crippen molar-refractivity contribution in [1.82, 2.24) is 0 Å². The lowest BCUT2D eigenvalue weighted by Gasteiger charge is -2.21. The Kier molecular flexibility index (Phi) is 4.10. The van der Waals surface area contributed by atoms with Crippen molar-refractivity contribution in [3.8, 4) is 5.75 Å². The maximum absolute atomic E-state index is 5.36. The van der Waals surface area contributed by atoms with Gasteiger partial charge in [-0.15, -0.1) is 0 Å². The Morgan fingerprint density at radius 1 is 1.31 bits per heavy atom. The van der Waals surface area contributed by atoms with Crippen LogP contribution in [0.25, 0.3) is 0 Å². The summed E-state index contributed by atoms with van der Waals surface area (Å²) in [6.07, 6.45) is 1.99. The number of rotatable bonds is 3. The van der Waals surface area contributed by atoms with Crippen molar-refractivity contribution in [2.45, 2.75) is 26.2 Å². The number of methoxy groups -OCH3 is 1. The maximum Gasteiger partial charge on any atom is 0.204 e. The summed E-state index contributed by atoms with van der Waals surface area (Å²) < 4.78 is 8.59. The van der Waals surface area contributed by atoms with Crippen molar-refractivity contribution in [3.63, 3.8) is 0 Å². The van der Waals surface area contributed by atoms with Gasteiger partial charge in [-0.05, 0) is 17.0 Å². The summed E-state index contributed by atoms with van der Waals surface area (Å²) in [7, 11) is 1.67. The number of hydrogen-bond donors (Lipinski definition) is 2. The molecule has 3 nitrogen and oxygen atoms in total. The molecule has 0 saturated carbocycles. The SMILES string of the molecule is COc1c([NH3+])cc(C(C)(C)C)cc1NSC. The van der Waals surface area contributed by atoms with Gasteiger partial charge in [-0.2, -0.15) is 0 Å². The van der Waals surface area contributed by atoms with E-state index in [9.17, 15) is 0 Å². The van der Waals surface area contributed by atoms with Gasteiger partial charge in [0.05, 0.1) is 12.8 Å². The van der Waals surface area contributed by atoms with Crippen LogP contribution in [0.2, 0.25) is 0 Å². The largest absolute Gasteiger partial charge is 0.489 e. The number of ether oxygens (including phenoxy) is 1. The lowest BCUT2D eigenvalue weighted by Crippen LogP contribution is -2.41. The Morgan fingerprint density at radius 3 is 2.38 bits per heavy atom. The normalized spacial score (nSPS) is 11.4. The summed E-state index contributed by atoms with van der Waals surface area (Å²) in [4.78, 5) is 0. The van der Waals surface area contributed by atoms with Gasteiger partial charge in [-0.1, -0.05) is 32.7 Å². The van der Waals surface area contributed by atoms with Gasteiger partial charge >= 0.3 is 0 Å². The van der Waals surface area contributed by atoms with Gasteiger partial charge < -0.3 is 15.2 Å². The lowest BCUT2D eigenvalue weighted by molar-refractivity contribution is -0.256. The zero-order chi connectivity index (χ0) is 12.3. The first-order valence-electron chi connectivity index (χ1n) is 5.23. The monoisotopic (exact) mass is 241 g/mol. The predicted molar refractivity (Wildman–Crippen MR) is 71.4 cm³/mol. The van der Waals surface area contributed by atoms with Crippen LogP contribution in [0.4, 0.5) is 11.4 Å². The first-order chi connectivity index (χ1) is 7.40. The van der Waals surface area contributed by atoms with Crippen LogP contribution in [0, 0.1) is 0 Å². The number of benzene rings is 1. The Balaban J connectivity index is 3.28. The van der Waals surface area contributed by atoms with Gasteiger partial charge in [-0.25, -0.2) is 0 Å². The van der Waals surface area contributed by atoms with Crippen LogP contribution in [0.3, 0.4) is 0 Å². The average molecular weight is 241 g/mol. The highest BCUT2D eigenvalue weighted by molar-refractivity contribution is 7.99. The lowest BCUT2D eigenvalue weighted by atomic mass is 9.86. The summed E-state index contributed by atoms with van der Waals surface area (Å²) >= 11 is 1.55.